The Labute approximate surface area is 113 Å². The zero-order valence-electron chi connectivity index (χ0n) is 12.0. The Hall–Kier alpha value is -1.42. The van der Waals surface area contributed by atoms with Crippen LogP contribution >= 0.6 is 0 Å². The van der Waals surface area contributed by atoms with Crippen LogP contribution in [0.1, 0.15) is 37.8 Å². The van der Waals surface area contributed by atoms with E-state index in [0.717, 1.165) is 0 Å². The zero-order valence-corrected chi connectivity index (χ0v) is 12.0. The van der Waals surface area contributed by atoms with Crippen molar-refractivity contribution in [3.63, 3.8) is 0 Å². The first-order valence-corrected chi connectivity index (χ1v) is 6.32. The molecule has 0 heterocycles. The fraction of sp³-hybridized carbons (Fsp3) is 0.533. The maximum Gasteiger partial charge on any atom is 0.338 e. The molecule has 1 N–H and O–H groups in total. The van der Waals surface area contributed by atoms with Crippen molar-refractivity contribution in [1.82, 2.24) is 0 Å². The van der Waals surface area contributed by atoms with Crippen LogP contribution in [0.3, 0.4) is 0 Å². The molecule has 2 atom stereocenters. The van der Waals surface area contributed by atoms with E-state index in [4.69, 9.17) is 4.74 Å². The van der Waals surface area contributed by atoms with Gasteiger partial charge in [-0.25, -0.2) is 9.18 Å². The Bertz CT molecular complexity index is 470. The van der Waals surface area contributed by atoms with Gasteiger partial charge in [-0.15, -0.1) is 0 Å². The molecule has 0 aliphatic heterocycles. The number of methoxy groups -OCH3 is 1. The van der Waals surface area contributed by atoms with E-state index < -0.39 is 17.5 Å². The van der Waals surface area contributed by atoms with Crippen LogP contribution in [-0.4, -0.2) is 23.8 Å². The second kappa shape index (κ2) is 5.70. The maximum absolute atomic E-state index is 13.6. The lowest BCUT2D eigenvalue weighted by molar-refractivity contribution is -0.170. The molecule has 0 spiro atoms. The van der Waals surface area contributed by atoms with Gasteiger partial charge >= 0.3 is 5.97 Å². The summed E-state index contributed by atoms with van der Waals surface area (Å²) in [7, 11) is 1.23. The summed E-state index contributed by atoms with van der Waals surface area (Å²) in [6.45, 7) is 6.83. The molecular weight excluding hydrogens is 247 g/mol. The monoisotopic (exact) mass is 268 g/mol. The minimum atomic E-state index is -1.67. The van der Waals surface area contributed by atoms with Gasteiger partial charge in [0.05, 0.1) is 7.11 Å². The summed E-state index contributed by atoms with van der Waals surface area (Å²) in [4.78, 5) is 11.9. The fourth-order valence-corrected chi connectivity index (χ4v) is 2.21. The zero-order chi connectivity index (χ0) is 14.8. The second-order valence-corrected chi connectivity index (χ2v) is 5.20. The highest BCUT2D eigenvalue weighted by molar-refractivity contribution is 5.81. The molecule has 19 heavy (non-hydrogen) atoms. The molecule has 0 aliphatic carbocycles. The number of carbonyl (C=O) groups excluding carboxylic acids is 1. The number of carbonyl (C=O) groups is 1. The van der Waals surface area contributed by atoms with E-state index in [1.54, 1.807) is 39.8 Å². The predicted molar refractivity (Wildman–Crippen MR) is 71.4 cm³/mol. The minimum Gasteiger partial charge on any atom is -0.467 e. The second-order valence-electron chi connectivity index (χ2n) is 5.20. The van der Waals surface area contributed by atoms with E-state index in [1.807, 2.05) is 0 Å². The lowest BCUT2D eigenvalue weighted by Gasteiger charge is -2.35. The van der Waals surface area contributed by atoms with Crippen molar-refractivity contribution in [3.8, 4) is 0 Å². The van der Waals surface area contributed by atoms with E-state index in [9.17, 15) is 14.3 Å². The Morgan fingerprint density at radius 2 is 1.95 bits per heavy atom. The molecule has 3 nitrogen and oxygen atoms in total. The largest absolute Gasteiger partial charge is 0.467 e. The van der Waals surface area contributed by atoms with E-state index in [-0.39, 0.29) is 11.7 Å². The molecule has 0 saturated heterocycles. The molecule has 1 aromatic rings. The summed E-state index contributed by atoms with van der Waals surface area (Å²) in [6, 6.07) is 4.72. The van der Waals surface area contributed by atoms with Crippen molar-refractivity contribution < 1.29 is 19.0 Å². The third kappa shape index (κ3) is 2.78. The van der Waals surface area contributed by atoms with Crippen LogP contribution in [0.2, 0.25) is 0 Å². The van der Waals surface area contributed by atoms with Crippen molar-refractivity contribution in [2.45, 2.75) is 39.2 Å². The SMILES string of the molecule is COC(=O)C(O)(C(C)C)C(C)c1ccc(C)c(F)c1. The van der Waals surface area contributed by atoms with Gasteiger partial charge in [0.2, 0.25) is 0 Å². The van der Waals surface area contributed by atoms with Gasteiger partial charge in [0.1, 0.15) is 5.82 Å². The standard InChI is InChI=1S/C15H21FO3/c1-9(2)15(18,14(17)19-5)11(4)12-7-6-10(3)13(16)8-12/h6-9,11,18H,1-5H3. The Morgan fingerprint density at radius 3 is 2.37 bits per heavy atom. The molecule has 0 saturated carbocycles. The lowest BCUT2D eigenvalue weighted by atomic mass is 9.76. The van der Waals surface area contributed by atoms with Crippen LogP contribution < -0.4 is 0 Å². The lowest BCUT2D eigenvalue weighted by Crippen LogP contribution is -2.49. The van der Waals surface area contributed by atoms with Crippen LogP contribution in [-0.2, 0) is 9.53 Å². The molecule has 2 unspecified atom stereocenters. The minimum absolute atomic E-state index is 0.347. The molecule has 0 bridgehead atoms. The molecule has 0 amide bonds. The molecular formula is C15H21FO3. The highest BCUT2D eigenvalue weighted by Gasteiger charge is 2.46. The van der Waals surface area contributed by atoms with E-state index in [1.165, 1.54) is 13.2 Å². The van der Waals surface area contributed by atoms with Crippen molar-refractivity contribution in [3.05, 3.63) is 35.1 Å². The maximum atomic E-state index is 13.6. The van der Waals surface area contributed by atoms with Crippen LogP contribution in [0.15, 0.2) is 18.2 Å². The first-order valence-electron chi connectivity index (χ1n) is 6.32. The van der Waals surface area contributed by atoms with Gasteiger partial charge in [0.15, 0.2) is 5.60 Å². The Balaban J connectivity index is 3.23. The smallest absolute Gasteiger partial charge is 0.338 e. The third-order valence-electron chi connectivity index (χ3n) is 3.75. The average molecular weight is 268 g/mol. The number of halogens is 1. The summed E-state index contributed by atoms with van der Waals surface area (Å²) < 4.78 is 18.3. The highest BCUT2D eigenvalue weighted by Crippen LogP contribution is 2.35. The van der Waals surface area contributed by atoms with Gasteiger partial charge in [0, 0.05) is 5.92 Å². The van der Waals surface area contributed by atoms with E-state index in [2.05, 4.69) is 0 Å². The summed E-state index contributed by atoms with van der Waals surface area (Å²) in [5.74, 6) is -1.95. The summed E-state index contributed by atoms with van der Waals surface area (Å²) >= 11 is 0. The first kappa shape index (κ1) is 15.6. The quantitative estimate of drug-likeness (QED) is 0.854. The molecule has 4 heteroatoms. The van der Waals surface area contributed by atoms with Gasteiger partial charge < -0.3 is 9.84 Å². The number of aryl methyl sites for hydroxylation is 1. The molecule has 1 rings (SSSR count). The van der Waals surface area contributed by atoms with Gasteiger partial charge in [-0.3, -0.25) is 0 Å². The number of hydrogen-bond acceptors (Lipinski definition) is 3. The average Bonchev–Trinajstić information content (AvgIpc) is 2.38. The van der Waals surface area contributed by atoms with Crippen molar-refractivity contribution >= 4 is 5.97 Å². The number of ether oxygens (including phenoxy) is 1. The Morgan fingerprint density at radius 1 is 1.37 bits per heavy atom. The fourth-order valence-electron chi connectivity index (χ4n) is 2.21. The van der Waals surface area contributed by atoms with Gasteiger partial charge in [-0.2, -0.15) is 0 Å². The number of rotatable bonds is 4. The van der Waals surface area contributed by atoms with Crippen molar-refractivity contribution in [1.29, 1.82) is 0 Å². The molecule has 106 valence electrons. The van der Waals surface area contributed by atoms with Gasteiger partial charge in [-0.1, -0.05) is 32.9 Å². The van der Waals surface area contributed by atoms with Crippen LogP contribution in [0, 0.1) is 18.7 Å². The number of esters is 1. The molecule has 0 aromatic heterocycles. The van der Waals surface area contributed by atoms with Crippen LogP contribution in [0.4, 0.5) is 4.39 Å². The van der Waals surface area contributed by atoms with Crippen LogP contribution in [0.25, 0.3) is 0 Å². The third-order valence-corrected chi connectivity index (χ3v) is 3.75. The molecule has 0 fully saturated rings. The topological polar surface area (TPSA) is 46.5 Å². The van der Waals surface area contributed by atoms with E-state index >= 15 is 0 Å². The van der Waals surface area contributed by atoms with E-state index in [0.29, 0.717) is 11.1 Å². The van der Waals surface area contributed by atoms with Crippen molar-refractivity contribution in [2.24, 2.45) is 5.92 Å². The van der Waals surface area contributed by atoms with Gasteiger partial charge in [0.25, 0.3) is 0 Å². The molecule has 0 aliphatic rings. The normalized spacial score (nSPS) is 16.0. The number of hydrogen-bond donors (Lipinski definition) is 1. The Kier molecular flexibility index (Phi) is 4.69. The summed E-state index contributed by atoms with van der Waals surface area (Å²) in [6.07, 6.45) is 0. The number of aliphatic hydroxyl groups is 1. The summed E-state index contributed by atoms with van der Waals surface area (Å²) in [5, 5.41) is 10.6. The van der Waals surface area contributed by atoms with Crippen LogP contribution in [0.5, 0.6) is 0 Å². The summed E-state index contributed by atoms with van der Waals surface area (Å²) in [5.41, 5.74) is -0.567. The molecule has 1 aromatic carbocycles. The highest BCUT2D eigenvalue weighted by atomic mass is 19.1. The molecule has 0 radical (unpaired) electrons. The first-order chi connectivity index (χ1) is 8.75. The number of benzene rings is 1. The van der Waals surface area contributed by atoms with Gasteiger partial charge in [-0.05, 0) is 30.0 Å². The predicted octanol–water partition coefficient (Wildman–Crippen LogP) is 2.80. The van der Waals surface area contributed by atoms with Crippen molar-refractivity contribution in [2.75, 3.05) is 7.11 Å².